The summed E-state index contributed by atoms with van der Waals surface area (Å²) in [6.07, 6.45) is 1.72. The number of benzene rings is 2. The maximum absolute atomic E-state index is 11.7. The SMILES string of the molecule is COc1ccc(-c2cc(C(C)=O)ccc2OCc2ccccc2)cn1. The predicted octanol–water partition coefficient (Wildman–Crippen LogP) is 4.54. The number of ketones is 1. The number of Topliss-reactive ketones (excluding diaryl/α,β-unsaturated/α-hetero) is 1. The number of nitrogens with zero attached hydrogens (tertiary/aromatic N) is 1. The molecule has 0 saturated heterocycles. The molecule has 0 aliphatic heterocycles. The Hall–Kier alpha value is -3.14. The third kappa shape index (κ3) is 4.04. The van der Waals surface area contributed by atoms with Crippen LogP contribution < -0.4 is 9.47 Å². The summed E-state index contributed by atoms with van der Waals surface area (Å²) in [7, 11) is 1.58. The minimum Gasteiger partial charge on any atom is -0.488 e. The highest BCUT2D eigenvalue weighted by Gasteiger charge is 2.11. The van der Waals surface area contributed by atoms with Crippen LogP contribution in [0.1, 0.15) is 22.8 Å². The Kier molecular flexibility index (Phi) is 5.09. The quantitative estimate of drug-likeness (QED) is 0.621. The first-order chi connectivity index (χ1) is 12.2. The molecule has 1 heterocycles. The molecule has 3 rings (SSSR count). The topological polar surface area (TPSA) is 48.4 Å². The van der Waals surface area contributed by atoms with Gasteiger partial charge >= 0.3 is 0 Å². The largest absolute Gasteiger partial charge is 0.488 e. The van der Waals surface area contributed by atoms with Crippen molar-refractivity contribution in [2.24, 2.45) is 0 Å². The first kappa shape index (κ1) is 16.7. The van der Waals surface area contributed by atoms with Crippen LogP contribution in [0.25, 0.3) is 11.1 Å². The standard InChI is InChI=1S/C21H19NO3/c1-15(23)17-8-10-20(25-14-16-6-4-3-5-7-16)19(12-17)18-9-11-21(24-2)22-13-18/h3-13H,14H2,1-2H3. The Balaban J connectivity index is 1.94. The van der Waals surface area contributed by atoms with Crippen LogP contribution in [0.3, 0.4) is 0 Å². The van der Waals surface area contributed by atoms with E-state index in [1.54, 1.807) is 32.4 Å². The lowest BCUT2D eigenvalue weighted by Crippen LogP contribution is -1.99. The number of aromatic nitrogens is 1. The molecule has 0 radical (unpaired) electrons. The van der Waals surface area contributed by atoms with E-state index in [4.69, 9.17) is 9.47 Å². The van der Waals surface area contributed by atoms with Crippen molar-refractivity contribution < 1.29 is 14.3 Å². The van der Waals surface area contributed by atoms with Gasteiger partial charge in [-0.1, -0.05) is 30.3 Å². The van der Waals surface area contributed by atoms with Crippen LogP contribution in [0.15, 0.2) is 66.9 Å². The first-order valence-electron chi connectivity index (χ1n) is 7.99. The molecule has 4 heteroatoms. The molecular formula is C21H19NO3. The Labute approximate surface area is 147 Å². The van der Waals surface area contributed by atoms with Gasteiger partial charge in [0, 0.05) is 29.0 Å². The second kappa shape index (κ2) is 7.62. The minimum atomic E-state index is 0.0114. The van der Waals surface area contributed by atoms with Gasteiger partial charge in [0.1, 0.15) is 12.4 Å². The lowest BCUT2D eigenvalue weighted by atomic mass is 10.0. The fourth-order valence-corrected chi connectivity index (χ4v) is 2.50. The van der Waals surface area contributed by atoms with E-state index in [2.05, 4.69) is 4.98 Å². The van der Waals surface area contributed by atoms with Crippen molar-refractivity contribution >= 4 is 5.78 Å². The van der Waals surface area contributed by atoms with Crippen molar-refractivity contribution in [2.75, 3.05) is 7.11 Å². The van der Waals surface area contributed by atoms with Crippen LogP contribution in [0.5, 0.6) is 11.6 Å². The molecular weight excluding hydrogens is 314 g/mol. The molecule has 2 aromatic carbocycles. The molecule has 0 N–H and O–H groups in total. The molecule has 0 fully saturated rings. The monoisotopic (exact) mass is 333 g/mol. The highest BCUT2D eigenvalue weighted by molar-refractivity contribution is 5.96. The molecule has 0 saturated carbocycles. The minimum absolute atomic E-state index is 0.0114. The molecule has 25 heavy (non-hydrogen) atoms. The zero-order chi connectivity index (χ0) is 17.6. The van der Waals surface area contributed by atoms with Crippen LogP contribution in [0.4, 0.5) is 0 Å². The number of rotatable bonds is 6. The fraction of sp³-hybridized carbons (Fsp3) is 0.143. The Morgan fingerprint density at radius 3 is 2.48 bits per heavy atom. The van der Waals surface area contributed by atoms with E-state index < -0.39 is 0 Å². The number of carbonyl (C=O) groups excluding carboxylic acids is 1. The van der Waals surface area contributed by atoms with Gasteiger partial charge in [0.2, 0.25) is 5.88 Å². The summed E-state index contributed by atoms with van der Waals surface area (Å²) in [5.41, 5.74) is 3.42. The van der Waals surface area contributed by atoms with E-state index in [0.29, 0.717) is 23.8 Å². The summed E-state index contributed by atoms with van der Waals surface area (Å²) in [5.74, 6) is 1.26. The number of hydrogen-bond donors (Lipinski definition) is 0. The maximum Gasteiger partial charge on any atom is 0.212 e. The van der Waals surface area contributed by atoms with E-state index in [-0.39, 0.29) is 5.78 Å². The maximum atomic E-state index is 11.7. The third-order valence-electron chi connectivity index (χ3n) is 3.88. The second-order valence-electron chi connectivity index (χ2n) is 5.63. The smallest absolute Gasteiger partial charge is 0.212 e. The highest BCUT2D eigenvalue weighted by Crippen LogP contribution is 2.32. The highest BCUT2D eigenvalue weighted by atomic mass is 16.5. The number of pyridine rings is 1. The van der Waals surface area contributed by atoms with Crippen molar-refractivity contribution in [3.05, 3.63) is 78.0 Å². The normalized spacial score (nSPS) is 10.3. The summed E-state index contributed by atoms with van der Waals surface area (Å²) in [6.45, 7) is 2.01. The third-order valence-corrected chi connectivity index (χ3v) is 3.88. The van der Waals surface area contributed by atoms with Crippen LogP contribution in [0.2, 0.25) is 0 Å². The van der Waals surface area contributed by atoms with Gasteiger partial charge in [0.15, 0.2) is 5.78 Å². The van der Waals surface area contributed by atoms with Crippen LogP contribution in [0, 0.1) is 0 Å². The molecule has 1 aromatic heterocycles. The molecule has 0 aliphatic rings. The van der Waals surface area contributed by atoms with E-state index in [0.717, 1.165) is 16.7 Å². The summed E-state index contributed by atoms with van der Waals surface area (Å²) < 4.78 is 11.1. The zero-order valence-electron chi connectivity index (χ0n) is 14.2. The molecule has 0 aliphatic carbocycles. The molecule has 0 amide bonds. The Bertz CT molecular complexity index is 858. The lowest BCUT2D eigenvalue weighted by molar-refractivity contribution is 0.101. The van der Waals surface area contributed by atoms with E-state index in [9.17, 15) is 4.79 Å². The average Bonchev–Trinajstić information content (AvgIpc) is 2.67. The summed E-state index contributed by atoms with van der Waals surface area (Å²) in [5, 5.41) is 0. The lowest BCUT2D eigenvalue weighted by Gasteiger charge is -2.13. The number of ether oxygens (including phenoxy) is 2. The molecule has 126 valence electrons. The van der Waals surface area contributed by atoms with Crippen molar-refractivity contribution in [1.29, 1.82) is 0 Å². The summed E-state index contributed by atoms with van der Waals surface area (Å²) >= 11 is 0. The van der Waals surface area contributed by atoms with Crippen molar-refractivity contribution in [2.45, 2.75) is 13.5 Å². The van der Waals surface area contributed by atoms with Gasteiger partial charge in [-0.05, 0) is 36.8 Å². The molecule has 0 spiro atoms. The van der Waals surface area contributed by atoms with Gasteiger partial charge in [-0.2, -0.15) is 0 Å². The van der Waals surface area contributed by atoms with Crippen LogP contribution >= 0.6 is 0 Å². The van der Waals surface area contributed by atoms with Gasteiger partial charge in [-0.3, -0.25) is 4.79 Å². The Morgan fingerprint density at radius 1 is 1.04 bits per heavy atom. The van der Waals surface area contributed by atoms with E-state index in [1.165, 1.54) is 0 Å². The predicted molar refractivity (Wildman–Crippen MR) is 97.0 cm³/mol. The van der Waals surface area contributed by atoms with Gasteiger partial charge in [0.25, 0.3) is 0 Å². The van der Waals surface area contributed by atoms with Crippen LogP contribution in [-0.4, -0.2) is 17.9 Å². The molecule has 3 aromatic rings. The Morgan fingerprint density at radius 2 is 1.84 bits per heavy atom. The van der Waals surface area contributed by atoms with E-state index in [1.807, 2.05) is 48.5 Å². The number of carbonyl (C=O) groups is 1. The summed E-state index contributed by atoms with van der Waals surface area (Å²) in [4.78, 5) is 16.0. The van der Waals surface area contributed by atoms with Crippen molar-refractivity contribution in [3.8, 4) is 22.8 Å². The summed E-state index contributed by atoms with van der Waals surface area (Å²) in [6, 6.07) is 19.1. The van der Waals surface area contributed by atoms with Gasteiger partial charge in [0.05, 0.1) is 7.11 Å². The van der Waals surface area contributed by atoms with Gasteiger partial charge in [-0.25, -0.2) is 4.98 Å². The van der Waals surface area contributed by atoms with Crippen molar-refractivity contribution in [3.63, 3.8) is 0 Å². The fourth-order valence-electron chi connectivity index (χ4n) is 2.50. The average molecular weight is 333 g/mol. The number of hydrogen-bond acceptors (Lipinski definition) is 4. The van der Waals surface area contributed by atoms with Gasteiger partial charge < -0.3 is 9.47 Å². The van der Waals surface area contributed by atoms with Crippen LogP contribution in [-0.2, 0) is 6.61 Å². The van der Waals surface area contributed by atoms with E-state index >= 15 is 0 Å². The zero-order valence-corrected chi connectivity index (χ0v) is 14.2. The second-order valence-corrected chi connectivity index (χ2v) is 5.63. The molecule has 0 bridgehead atoms. The first-order valence-corrected chi connectivity index (χ1v) is 7.99. The molecule has 4 nitrogen and oxygen atoms in total. The molecule has 0 unspecified atom stereocenters. The van der Waals surface area contributed by atoms with Crippen molar-refractivity contribution in [1.82, 2.24) is 4.98 Å². The molecule has 0 atom stereocenters. The number of methoxy groups -OCH3 is 1. The van der Waals surface area contributed by atoms with Gasteiger partial charge in [-0.15, -0.1) is 0 Å².